The quantitative estimate of drug-likeness (QED) is 0.683. The number of benzene rings is 1. The standard InChI is InChI=1S/C13H19FN4O2/c1-8(18(3)7-12(19)16-2)13(20)17-9-4-5-10(14)11(15)6-9/h4-6,8H,7,15H2,1-3H3,(H,16,19)(H,17,20). The summed E-state index contributed by atoms with van der Waals surface area (Å²) in [5.74, 6) is -1.02. The summed E-state index contributed by atoms with van der Waals surface area (Å²) in [5, 5.41) is 5.11. The molecule has 0 aromatic heterocycles. The van der Waals surface area contributed by atoms with E-state index in [-0.39, 0.29) is 24.0 Å². The van der Waals surface area contributed by atoms with E-state index in [2.05, 4.69) is 10.6 Å². The summed E-state index contributed by atoms with van der Waals surface area (Å²) in [7, 11) is 3.20. The van der Waals surface area contributed by atoms with Crippen molar-refractivity contribution in [3.05, 3.63) is 24.0 Å². The lowest BCUT2D eigenvalue weighted by molar-refractivity contribution is -0.124. The van der Waals surface area contributed by atoms with Gasteiger partial charge in [0.2, 0.25) is 11.8 Å². The fourth-order valence-corrected chi connectivity index (χ4v) is 1.51. The van der Waals surface area contributed by atoms with Gasteiger partial charge in [-0.15, -0.1) is 0 Å². The second-order valence-corrected chi connectivity index (χ2v) is 4.49. The SMILES string of the molecule is CNC(=O)CN(C)C(C)C(=O)Nc1ccc(F)c(N)c1. The van der Waals surface area contributed by atoms with E-state index in [1.807, 2.05) is 0 Å². The van der Waals surface area contributed by atoms with Gasteiger partial charge < -0.3 is 16.4 Å². The molecule has 0 radical (unpaired) electrons. The van der Waals surface area contributed by atoms with E-state index >= 15 is 0 Å². The smallest absolute Gasteiger partial charge is 0.241 e. The van der Waals surface area contributed by atoms with Gasteiger partial charge >= 0.3 is 0 Å². The first kappa shape index (κ1) is 15.9. The van der Waals surface area contributed by atoms with Crippen LogP contribution in [0.2, 0.25) is 0 Å². The third kappa shape index (κ3) is 4.20. The fourth-order valence-electron chi connectivity index (χ4n) is 1.51. The van der Waals surface area contributed by atoms with Crippen molar-refractivity contribution in [3.8, 4) is 0 Å². The first-order valence-corrected chi connectivity index (χ1v) is 6.12. The Bertz CT molecular complexity index is 507. The van der Waals surface area contributed by atoms with Crippen LogP contribution in [0.25, 0.3) is 0 Å². The van der Waals surface area contributed by atoms with Crippen LogP contribution in [-0.4, -0.2) is 43.4 Å². The molecule has 0 saturated carbocycles. The third-order valence-corrected chi connectivity index (χ3v) is 2.98. The number of nitrogen functional groups attached to an aromatic ring is 1. The van der Waals surface area contributed by atoms with Crippen molar-refractivity contribution in [3.63, 3.8) is 0 Å². The number of nitrogens with one attached hydrogen (secondary N) is 2. The molecule has 110 valence electrons. The highest BCUT2D eigenvalue weighted by molar-refractivity contribution is 5.95. The highest BCUT2D eigenvalue weighted by Crippen LogP contribution is 2.16. The third-order valence-electron chi connectivity index (χ3n) is 2.98. The molecule has 1 atom stereocenters. The summed E-state index contributed by atoms with van der Waals surface area (Å²) in [6.45, 7) is 1.78. The van der Waals surface area contributed by atoms with Crippen molar-refractivity contribution in [2.75, 3.05) is 31.7 Å². The van der Waals surface area contributed by atoms with Crippen molar-refractivity contribution in [2.24, 2.45) is 0 Å². The molecule has 0 spiro atoms. The van der Waals surface area contributed by atoms with Gasteiger partial charge in [-0.1, -0.05) is 0 Å². The molecule has 20 heavy (non-hydrogen) atoms. The van der Waals surface area contributed by atoms with Crippen molar-refractivity contribution in [2.45, 2.75) is 13.0 Å². The molecule has 1 aromatic rings. The number of halogens is 1. The zero-order valence-corrected chi connectivity index (χ0v) is 11.7. The van der Waals surface area contributed by atoms with E-state index in [0.29, 0.717) is 5.69 Å². The number of anilines is 2. The van der Waals surface area contributed by atoms with Crippen molar-refractivity contribution >= 4 is 23.2 Å². The first-order chi connectivity index (χ1) is 9.35. The molecule has 2 amide bonds. The van der Waals surface area contributed by atoms with Gasteiger partial charge in [0, 0.05) is 12.7 Å². The van der Waals surface area contributed by atoms with Crippen LogP contribution in [0.4, 0.5) is 15.8 Å². The van der Waals surface area contributed by atoms with Gasteiger partial charge in [0.15, 0.2) is 0 Å². The lowest BCUT2D eigenvalue weighted by Crippen LogP contribution is -2.44. The highest BCUT2D eigenvalue weighted by Gasteiger charge is 2.20. The maximum atomic E-state index is 13.0. The van der Waals surface area contributed by atoms with Gasteiger partial charge in [0.25, 0.3) is 0 Å². The minimum absolute atomic E-state index is 0.0332. The Kier molecular flexibility index (Phi) is 5.45. The molecule has 7 heteroatoms. The molecule has 4 N–H and O–H groups in total. The molecule has 6 nitrogen and oxygen atoms in total. The first-order valence-electron chi connectivity index (χ1n) is 6.12. The van der Waals surface area contributed by atoms with Gasteiger partial charge in [-0.2, -0.15) is 0 Å². The Labute approximate surface area is 117 Å². The second kappa shape index (κ2) is 6.85. The Morgan fingerprint density at radius 2 is 2.10 bits per heavy atom. The Hall–Kier alpha value is -2.15. The van der Waals surface area contributed by atoms with Crippen LogP contribution in [0.1, 0.15) is 6.92 Å². The van der Waals surface area contributed by atoms with Crippen LogP contribution in [0, 0.1) is 5.82 Å². The number of nitrogens with two attached hydrogens (primary N) is 1. The monoisotopic (exact) mass is 282 g/mol. The number of hydrogen-bond donors (Lipinski definition) is 3. The van der Waals surface area contributed by atoms with E-state index in [9.17, 15) is 14.0 Å². The minimum Gasteiger partial charge on any atom is -0.396 e. The van der Waals surface area contributed by atoms with Crippen LogP contribution in [0.3, 0.4) is 0 Å². The summed E-state index contributed by atoms with van der Waals surface area (Å²) in [6, 6.07) is 3.44. The number of hydrogen-bond acceptors (Lipinski definition) is 4. The Balaban J connectivity index is 2.65. The van der Waals surface area contributed by atoms with E-state index in [0.717, 1.165) is 0 Å². The normalized spacial score (nSPS) is 12.1. The van der Waals surface area contributed by atoms with Gasteiger partial charge in [0.1, 0.15) is 5.82 Å². The topological polar surface area (TPSA) is 87.5 Å². The maximum Gasteiger partial charge on any atom is 0.241 e. The molecule has 0 heterocycles. The number of carbonyl (C=O) groups is 2. The lowest BCUT2D eigenvalue weighted by Gasteiger charge is -2.23. The van der Waals surface area contributed by atoms with Crippen molar-refractivity contribution < 1.29 is 14.0 Å². The molecule has 0 aliphatic heterocycles. The van der Waals surface area contributed by atoms with Crippen LogP contribution in [-0.2, 0) is 9.59 Å². The van der Waals surface area contributed by atoms with E-state index in [1.54, 1.807) is 18.9 Å². The predicted molar refractivity (Wildman–Crippen MR) is 75.6 cm³/mol. The Morgan fingerprint density at radius 3 is 2.65 bits per heavy atom. The second-order valence-electron chi connectivity index (χ2n) is 4.49. The largest absolute Gasteiger partial charge is 0.396 e. The molecule has 0 fully saturated rings. The Morgan fingerprint density at radius 1 is 1.45 bits per heavy atom. The maximum absolute atomic E-state index is 13.0. The zero-order valence-electron chi connectivity index (χ0n) is 11.7. The molecule has 1 unspecified atom stereocenters. The summed E-state index contributed by atoms with van der Waals surface area (Å²) in [6.07, 6.45) is 0. The summed E-state index contributed by atoms with van der Waals surface area (Å²) < 4.78 is 13.0. The minimum atomic E-state index is -0.534. The van der Waals surface area contributed by atoms with Crippen molar-refractivity contribution in [1.29, 1.82) is 0 Å². The highest BCUT2D eigenvalue weighted by atomic mass is 19.1. The lowest BCUT2D eigenvalue weighted by atomic mass is 10.2. The van der Waals surface area contributed by atoms with Gasteiger partial charge in [0.05, 0.1) is 18.3 Å². The fraction of sp³-hybridized carbons (Fsp3) is 0.385. The zero-order chi connectivity index (χ0) is 15.3. The van der Waals surface area contributed by atoms with Crippen molar-refractivity contribution in [1.82, 2.24) is 10.2 Å². The average molecular weight is 282 g/mol. The number of likely N-dealkylation sites (N-methyl/N-ethyl adjacent to an activating group) is 2. The summed E-state index contributed by atoms with van der Waals surface area (Å²) in [5.41, 5.74) is 5.80. The molecular weight excluding hydrogens is 263 g/mol. The predicted octanol–water partition coefficient (Wildman–Crippen LogP) is 0.413. The van der Waals surface area contributed by atoms with E-state index in [1.165, 1.54) is 25.2 Å². The van der Waals surface area contributed by atoms with Crippen LogP contribution < -0.4 is 16.4 Å². The molecular formula is C13H19FN4O2. The molecule has 0 bridgehead atoms. The number of rotatable bonds is 5. The number of nitrogens with zero attached hydrogens (tertiary/aromatic N) is 1. The van der Waals surface area contributed by atoms with Gasteiger partial charge in [-0.05, 0) is 32.2 Å². The van der Waals surface area contributed by atoms with Gasteiger partial charge in [-0.3, -0.25) is 14.5 Å². The average Bonchev–Trinajstić information content (AvgIpc) is 2.41. The summed E-state index contributed by atoms with van der Waals surface area (Å²) >= 11 is 0. The molecule has 0 aliphatic carbocycles. The molecule has 1 rings (SSSR count). The van der Waals surface area contributed by atoms with Gasteiger partial charge in [-0.25, -0.2) is 4.39 Å². The summed E-state index contributed by atoms with van der Waals surface area (Å²) in [4.78, 5) is 24.8. The van der Waals surface area contributed by atoms with Crippen LogP contribution >= 0.6 is 0 Å². The molecule has 0 aliphatic rings. The van der Waals surface area contributed by atoms with E-state index in [4.69, 9.17) is 5.73 Å². The van der Waals surface area contributed by atoms with Crippen LogP contribution in [0.15, 0.2) is 18.2 Å². The number of carbonyl (C=O) groups excluding carboxylic acids is 2. The molecule has 1 aromatic carbocycles. The van der Waals surface area contributed by atoms with Crippen LogP contribution in [0.5, 0.6) is 0 Å². The number of amides is 2. The van der Waals surface area contributed by atoms with E-state index < -0.39 is 11.9 Å². The molecule has 0 saturated heterocycles.